The number of ether oxygens (including phenoxy) is 1. The molecule has 1 saturated heterocycles. The van der Waals surface area contributed by atoms with Crippen LogP contribution in [0.1, 0.15) is 10.4 Å². The molecule has 0 aliphatic carbocycles. The Morgan fingerprint density at radius 1 is 1.13 bits per heavy atom. The largest absolute Gasteiger partial charge is 0.378 e. The summed E-state index contributed by atoms with van der Waals surface area (Å²) in [5, 5.41) is 2.68. The van der Waals surface area contributed by atoms with E-state index in [4.69, 9.17) is 4.74 Å². The second-order valence-electron chi connectivity index (χ2n) is 6.75. The second-order valence-corrected chi connectivity index (χ2v) is 9.57. The number of nitrogens with one attached hydrogen (secondary N) is 1. The number of carbonyl (C=O) groups is 2. The van der Waals surface area contributed by atoms with Gasteiger partial charge in [0.25, 0.3) is 5.91 Å². The van der Waals surface area contributed by atoms with Crippen molar-refractivity contribution in [3.63, 3.8) is 0 Å². The minimum atomic E-state index is -3.70. The van der Waals surface area contributed by atoms with Crippen LogP contribution in [0.4, 0.5) is 11.4 Å². The predicted octanol–water partition coefficient (Wildman–Crippen LogP) is 2.33. The van der Waals surface area contributed by atoms with Gasteiger partial charge in [-0.1, -0.05) is 34.1 Å². The van der Waals surface area contributed by atoms with Crippen LogP contribution in [0.2, 0.25) is 0 Å². The summed E-state index contributed by atoms with van der Waals surface area (Å²) >= 11 is 3.31. The SMILES string of the molecule is CS(=O)(=O)N(CC(=O)Nc1ccccc1C(=O)N1CCOCC1)c1cccc(Br)c1. The zero-order valence-corrected chi connectivity index (χ0v) is 18.8. The fourth-order valence-corrected chi connectivity index (χ4v) is 4.30. The third-order valence-electron chi connectivity index (χ3n) is 4.51. The zero-order valence-electron chi connectivity index (χ0n) is 16.4. The molecule has 2 aromatic rings. The van der Waals surface area contributed by atoms with Gasteiger partial charge in [0.15, 0.2) is 0 Å². The molecule has 8 nitrogen and oxygen atoms in total. The molecule has 0 atom stereocenters. The van der Waals surface area contributed by atoms with Crippen molar-refractivity contribution < 1.29 is 22.7 Å². The van der Waals surface area contributed by atoms with Crippen molar-refractivity contribution in [2.75, 3.05) is 48.7 Å². The lowest BCUT2D eigenvalue weighted by molar-refractivity contribution is -0.114. The lowest BCUT2D eigenvalue weighted by atomic mass is 10.1. The highest BCUT2D eigenvalue weighted by atomic mass is 79.9. The van der Waals surface area contributed by atoms with E-state index in [1.807, 2.05) is 0 Å². The molecular weight excluding hydrogens is 474 g/mol. The molecule has 10 heteroatoms. The molecular formula is C20H22BrN3O5S. The van der Waals surface area contributed by atoms with Crippen molar-refractivity contribution in [2.45, 2.75) is 0 Å². The summed E-state index contributed by atoms with van der Waals surface area (Å²) in [6.07, 6.45) is 1.04. The molecule has 160 valence electrons. The standard InChI is InChI=1S/C20H22BrN3O5S/c1-30(27,28)24(16-6-4-5-15(21)13-16)14-19(25)22-18-8-3-2-7-17(18)20(26)23-9-11-29-12-10-23/h2-8,13H,9-12,14H2,1H3,(H,22,25). The highest BCUT2D eigenvalue weighted by Gasteiger charge is 2.24. The van der Waals surface area contributed by atoms with Gasteiger partial charge in [-0.25, -0.2) is 8.42 Å². The molecule has 2 aromatic carbocycles. The molecule has 0 saturated carbocycles. The molecule has 1 aliphatic rings. The summed E-state index contributed by atoms with van der Waals surface area (Å²) in [7, 11) is -3.70. The Kier molecular flexibility index (Phi) is 7.11. The summed E-state index contributed by atoms with van der Waals surface area (Å²) in [4.78, 5) is 27.2. The van der Waals surface area contributed by atoms with Crippen molar-refractivity contribution in [1.29, 1.82) is 0 Å². The van der Waals surface area contributed by atoms with Crippen LogP contribution in [-0.4, -0.2) is 64.2 Å². The maximum Gasteiger partial charge on any atom is 0.256 e. The molecule has 0 radical (unpaired) electrons. The van der Waals surface area contributed by atoms with Gasteiger partial charge in [-0.15, -0.1) is 0 Å². The predicted molar refractivity (Wildman–Crippen MR) is 118 cm³/mol. The lowest BCUT2D eigenvalue weighted by Gasteiger charge is -2.27. The number of sulfonamides is 1. The van der Waals surface area contributed by atoms with E-state index in [1.54, 1.807) is 53.4 Å². The quantitative estimate of drug-likeness (QED) is 0.663. The molecule has 0 spiro atoms. The minimum Gasteiger partial charge on any atom is -0.378 e. The monoisotopic (exact) mass is 495 g/mol. The molecule has 0 aromatic heterocycles. The van der Waals surface area contributed by atoms with Crippen LogP contribution in [-0.2, 0) is 19.6 Å². The van der Waals surface area contributed by atoms with E-state index in [9.17, 15) is 18.0 Å². The average Bonchev–Trinajstić information content (AvgIpc) is 2.72. The first-order valence-electron chi connectivity index (χ1n) is 9.25. The Hall–Kier alpha value is -2.43. The molecule has 1 fully saturated rings. The Balaban J connectivity index is 1.79. The van der Waals surface area contributed by atoms with Gasteiger partial charge in [-0.05, 0) is 30.3 Å². The summed E-state index contributed by atoms with van der Waals surface area (Å²) in [5.41, 5.74) is 1.04. The number of hydrogen-bond donors (Lipinski definition) is 1. The number of amides is 2. The molecule has 30 heavy (non-hydrogen) atoms. The van der Waals surface area contributed by atoms with E-state index in [-0.39, 0.29) is 5.91 Å². The highest BCUT2D eigenvalue weighted by Crippen LogP contribution is 2.23. The topological polar surface area (TPSA) is 96.0 Å². The van der Waals surface area contributed by atoms with Gasteiger partial charge in [0.1, 0.15) is 6.54 Å². The van der Waals surface area contributed by atoms with E-state index in [1.165, 1.54) is 0 Å². The van der Waals surface area contributed by atoms with Gasteiger partial charge >= 0.3 is 0 Å². The van der Waals surface area contributed by atoms with Crippen LogP contribution in [0, 0.1) is 0 Å². The Bertz CT molecular complexity index is 1040. The molecule has 0 bridgehead atoms. The number of hydrogen-bond acceptors (Lipinski definition) is 5. The number of para-hydroxylation sites is 1. The maximum absolute atomic E-state index is 12.9. The number of rotatable bonds is 6. The molecule has 1 aliphatic heterocycles. The Morgan fingerprint density at radius 2 is 1.83 bits per heavy atom. The number of morpholine rings is 1. The molecule has 2 amide bonds. The minimum absolute atomic E-state index is 0.207. The average molecular weight is 496 g/mol. The smallest absolute Gasteiger partial charge is 0.256 e. The third kappa shape index (κ3) is 5.59. The normalized spacial score (nSPS) is 14.3. The maximum atomic E-state index is 12.9. The summed E-state index contributed by atoms with van der Waals surface area (Å²) in [6.45, 7) is 1.47. The van der Waals surface area contributed by atoms with E-state index in [0.29, 0.717) is 47.7 Å². The number of anilines is 2. The summed E-state index contributed by atoms with van der Waals surface area (Å²) in [6, 6.07) is 13.3. The third-order valence-corrected chi connectivity index (χ3v) is 6.15. The van der Waals surface area contributed by atoms with E-state index in [0.717, 1.165) is 10.6 Å². The molecule has 3 rings (SSSR count). The van der Waals surface area contributed by atoms with Crippen LogP contribution < -0.4 is 9.62 Å². The zero-order chi connectivity index (χ0) is 21.7. The number of nitrogens with zero attached hydrogens (tertiary/aromatic N) is 2. The first kappa shape index (κ1) is 22.3. The van der Waals surface area contributed by atoms with Crippen molar-refractivity contribution in [2.24, 2.45) is 0 Å². The molecule has 1 heterocycles. The van der Waals surface area contributed by atoms with Gasteiger partial charge in [-0.2, -0.15) is 0 Å². The van der Waals surface area contributed by atoms with E-state index < -0.39 is 22.5 Å². The van der Waals surface area contributed by atoms with E-state index >= 15 is 0 Å². The van der Waals surface area contributed by atoms with Crippen molar-refractivity contribution in [1.82, 2.24) is 4.90 Å². The Labute approximate surface area is 184 Å². The van der Waals surface area contributed by atoms with Gasteiger partial charge in [0, 0.05) is 17.6 Å². The van der Waals surface area contributed by atoms with Crippen molar-refractivity contribution in [3.8, 4) is 0 Å². The first-order valence-corrected chi connectivity index (χ1v) is 11.9. The first-order chi connectivity index (χ1) is 14.3. The summed E-state index contributed by atoms with van der Waals surface area (Å²) < 4.78 is 31.5. The van der Waals surface area contributed by atoms with Gasteiger partial charge in [-0.3, -0.25) is 13.9 Å². The van der Waals surface area contributed by atoms with Crippen molar-refractivity contribution in [3.05, 3.63) is 58.6 Å². The van der Waals surface area contributed by atoms with Crippen LogP contribution in [0.5, 0.6) is 0 Å². The molecule has 0 unspecified atom stereocenters. The van der Waals surface area contributed by atoms with Gasteiger partial charge in [0.05, 0.1) is 36.4 Å². The fraction of sp³-hybridized carbons (Fsp3) is 0.300. The van der Waals surface area contributed by atoms with Gasteiger partial charge in [0.2, 0.25) is 15.9 Å². The lowest BCUT2D eigenvalue weighted by Crippen LogP contribution is -2.41. The number of halogens is 1. The fourth-order valence-electron chi connectivity index (χ4n) is 3.07. The van der Waals surface area contributed by atoms with Crippen LogP contribution in [0.25, 0.3) is 0 Å². The molecule has 1 N–H and O–H groups in total. The van der Waals surface area contributed by atoms with E-state index in [2.05, 4.69) is 21.2 Å². The van der Waals surface area contributed by atoms with Crippen LogP contribution in [0.15, 0.2) is 53.0 Å². The second kappa shape index (κ2) is 9.59. The van der Waals surface area contributed by atoms with Crippen LogP contribution >= 0.6 is 15.9 Å². The Morgan fingerprint density at radius 3 is 2.50 bits per heavy atom. The van der Waals surface area contributed by atoms with Crippen LogP contribution in [0.3, 0.4) is 0 Å². The number of benzene rings is 2. The van der Waals surface area contributed by atoms with Gasteiger partial charge < -0.3 is 15.0 Å². The highest BCUT2D eigenvalue weighted by molar-refractivity contribution is 9.10. The summed E-state index contributed by atoms with van der Waals surface area (Å²) in [5.74, 6) is -0.760. The van der Waals surface area contributed by atoms with Crippen molar-refractivity contribution >= 4 is 49.1 Å². The number of carbonyl (C=O) groups excluding carboxylic acids is 2.